The Kier molecular flexibility index (Phi) is 1.70. The Morgan fingerprint density at radius 1 is 1.31 bits per heavy atom. The molecule has 1 aromatic carbocycles. The van der Waals surface area contributed by atoms with E-state index in [0.29, 0.717) is 0 Å². The fourth-order valence-corrected chi connectivity index (χ4v) is 1.89. The highest BCUT2D eigenvalue weighted by molar-refractivity contribution is 5.47. The Hall–Kier alpha value is -1.22. The van der Waals surface area contributed by atoms with Crippen molar-refractivity contribution < 1.29 is 0 Å². The summed E-state index contributed by atoms with van der Waals surface area (Å²) in [6.45, 7) is 4.31. The summed E-state index contributed by atoms with van der Waals surface area (Å²) in [6, 6.07) is 6.43. The molecule has 0 heterocycles. The summed E-state index contributed by atoms with van der Waals surface area (Å²) in [6.07, 6.45) is 7.89. The van der Waals surface area contributed by atoms with Crippen LogP contribution in [0.15, 0.2) is 18.2 Å². The molecule has 0 nitrogen and oxygen atoms in total. The van der Waals surface area contributed by atoms with E-state index in [1.165, 1.54) is 16.7 Å². The molecule has 13 heavy (non-hydrogen) atoms. The van der Waals surface area contributed by atoms with Crippen LogP contribution in [0, 0.1) is 26.2 Å². The first-order valence-corrected chi connectivity index (χ1v) is 4.74. The average molecular weight is 170 g/mol. The molecule has 0 unspecified atom stereocenters. The molecule has 0 aliphatic heterocycles. The Balaban J connectivity index is 2.54. The van der Waals surface area contributed by atoms with E-state index in [0.717, 1.165) is 12.8 Å². The van der Waals surface area contributed by atoms with E-state index < -0.39 is 0 Å². The van der Waals surface area contributed by atoms with Crippen LogP contribution in [0.5, 0.6) is 0 Å². The van der Waals surface area contributed by atoms with E-state index in [1.807, 2.05) is 0 Å². The van der Waals surface area contributed by atoms with Crippen molar-refractivity contribution >= 4 is 0 Å². The predicted molar refractivity (Wildman–Crippen MR) is 55.7 cm³/mol. The SMILES string of the molecule is C#CC1(c2cccc(C)c2C)CC1. The van der Waals surface area contributed by atoms with Gasteiger partial charge in [0.05, 0.1) is 5.41 Å². The molecular formula is C13H14. The third-order valence-corrected chi connectivity index (χ3v) is 3.15. The highest BCUT2D eigenvalue weighted by Gasteiger charge is 2.43. The van der Waals surface area contributed by atoms with Crippen LogP contribution < -0.4 is 0 Å². The van der Waals surface area contributed by atoms with Crippen molar-refractivity contribution in [1.29, 1.82) is 0 Å². The number of hydrogen-bond acceptors (Lipinski definition) is 0. The third kappa shape index (κ3) is 1.16. The van der Waals surface area contributed by atoms with Crippen molar-refractivity contribution in [3.05, 3.63) is 34.9 Å². The van der Waals surface area contributed by atoms with E-state index in [2.05, 4.69) is 38.0 Å². The van der Waals surface area contributed by atoms with Crippen LogP contribution in [0.3, 0.4) is 0 Å². The van der Waals surface area contributed by atoms with Crippen molar-refractivity contribution in [2.24, 2.45) is 0 Å². The van der Waals surface area contributed by atoms with Crippen molar-refractivity contribution in [1.82, 2.24) is 0 Å². The Morgan fingerprint density at radius 3 is 2.54 bits per heavy atom. The van der Waals surface area contributed by atoms with Crippen LogP contribution in [0.4, 0.5) is 0 Å². The van der Waals surface area contributed by atoms with Crippen LogP contribution in [0.1, 0.15) is 29.5 Å². The van der Waals surface area contributed by atoms with Gasteiger partial charge in [-0.15, -0.1) is 6.42 Å². The molecular weight excluding hydrogens is 156 g/mol. The molecule has 0 spiro atoms. The molecule has 66 valence electrons. The first kappa shape index (κ1) is 8.38. The van der Waals surface area contributed by atoms with Crippen molar-refractivity contribution in [2.45, 2.75) is 32.1 Å². The van der Waals surface area contributed by atoms with Gasteiger partial charge in [-0.2, -0.15) is 0 Å². The molecule has 0 N–H and O–H groups in total. The van der Waals surface area contributed by atoms with E-state index in [1.54, 1.807) is 0 Å². The van der Waals surface area contributed by atoms with E-state index in [9.17, 15) is 0 Å². The second kappa shape index (κ2) is 2.64. The van der Waals surface area contributed by atoms with Crippen molar-refractivity contribution in [3.8, 4) is 12.3 Å². The van der Waals surface area contributed by atoms with Crippen molar-refractivity contribution in [2.75, 3.05) is 0 Å². The van der Waals surface area contributed by atoms with Crippen LogP contribution in [0.2, 0.25) is 0 Å². The lowest BCUT2D eigenvalue weighted by atomic mass is 9.90. The van der Waals surface area contributed by atoms with Gasteiger partial charge in [0.2, 0.25) is 0 Å². The minimum atomic E-state index is 0.0934. The number of hydrogen-bond donors (Lipinski definition) is 0. The minimum absolute atomic E-state index is 0.0934. The standard InChI is InChI=1S/C13H14/c1-4-13(8-9-13)12-7-5-6-10(2)11(12)3/h1,5-7H,8-9H2,2-3H3. The topological polar surface area (TPSA) is 0 Å². The molecule has 1 aromatic rings. The normalized spacial score (nSPS) is 17.9. The van der Waals surface area contributed by atoms with Gasteiger partial charge in [0, 0.05) is 0 Å². The Bertz CT molecular complexity index is 376. The zero-order chi connectivity index (χ0) is 9.47. The first-order chi connectivity index (χ1) is 6.19. The van der Waals surface area contributed by atoms with Crippen LogP contribution in [-0.4, -0.2) is 0 Å². The summed E-state index contributed by atoms with van der Waals surface area (Å²) in [5.41, 5.74) is 4.18. The monoisotopic (exact) mass is 170 g/mol. The van der Waals surface area contributed by atoms with E-state index in [4.69, 9.17) is 6.42 Å². The van der Waals surface area contributed by atoms with Gasteiger partial charge in [-0.25, -0.2) is 0 Å². The largest absolute Gasteiger partial charge is 0.119 e. The fraction of sp³-hybridized carbons (Fsp3) is 0.385. The van der Waals surface area contributed by atoms with Crippen molar-refractivity contribution in [3.63, 3.8) is 0 Å². The van der Waals surface area contributed by atoms with Gasteiger partial charge in [0.25, 0.3) is 0 Å². The molecule has 0 radical (unpaired) electrons. The van der Waals surface area contributed by atoms with Gasteiger partial charge >= 0.3 is 0 Å². The van der Waals surface area contributed by atoms with Gasteiger partial charge in [-0.05, 0) is 43.4 Å². The van der Waals surface area contributed by atoms with Crippen LogP contribution in [0.25, 0.3) is 0 Å². The Labute approximate surface area is 80.0 Å². The molecule has 2 rings (SSSR count). The Morgan fingerprint density at radius 2 is 2.00 bits per heavy atom. The fourth-order valence-electron chi connectivity index (χ4n) is 1.89. The van der Waals surface area contributed by atoms with Gasteiger partial charge in [0.15, 0.2) is 0 Å². The summed E-state index contributed by atoms with van der Waals surface area (Å²) in [4.78, 5) is 0. The minimum Gasteiger partial charge on any atom is -0.119 e. The molecule has 0 amide bonds. The highest BCUT2D eigenvalue weighted by Crippen LogP contribution is 2.48. The van der Waals surface area contributed by atoms with Gasteiger partial charge in [0.1, 0.15) is 0 Å². The maximum absolute atomic E-state index is 5.57. The average Bonchev–Trinajstić information content (AvgIpc) is 2.90. The molecule has 0 bridgehead atoms. The number of rotatable bonds is 1. The molecule has 1 aliphatic carbocycles. The maximum atomic E-state index is 5.57. The van der Waals surface area contributed by atoms with Gasteiger partial charge in [-0.1, -0.05) is 24.1 Å². The summed E-state index contributed by atoms with van der Waals surface area (Å²) < 4.78 is 0. The summed E-state index contributed by atoms with van der Waals surface area (Å²) in [7, 11) is 0. The molecule has 1 saturated carbocycles. The zero-order valence-electron chi connectivity index (χ0n) is 8.22. The second-order valence-corrected chi connectivity index (χ2v) is 3.97. The lowest BCUT2D eigenvalue weighted by Crippen LogP contribution is -2.05. The lowest BCUT2D eigenvalue weighted by Gasteiger charge is -2.13. The summed E-state index contributed by atoms with van der Waals surface area (Å²) in [5, 5.41) is 0. The van der Waals surface area contributed by atoms with E-state index in [-0.39, 0.29) is 5.41 Å². The molecule has 0 aromatic heterocycles. The second-order valence-electron chi connectivity index (χ2n) is 3.97. The molecule has 0 atom stereocenters. The third-order valence-electron chi connectivity index (χ3n) is 3.15. The first-order valence-electron chi connectivity index (χ1n) is 4.74. The highest BCUT2D eigenvalue weighted by atomic mass is 14.4. The maximum Gasteiger partial charge on any atom is 0.0564 e. The predicted octanol–water partition coefficient (Wildman–Crippen LogP) is 2.97. The van der Waals surface area contributed by atoms with Crippen LogP contribution in [-0.2, 0) is 5.41 Å². The molecule has 0 heteroatoms. The quantitative estimate of drug-likeness (QED) is 0.568. The lowest BCUT2D eigenvalue weighted by molar-refractivity contribution is 0.911. The number of aryl methyl sites for hydroxylation is 1. The van der Waals surface area contributed by atoms with Gasteiger partial charge in [-0.3, -0.25) is 0 Å². The zero-order valence-corrected chi connectivity index (χ0v) is 8.22. The molecule has 1 fully saturated rings. The molecule has 0 saturated heterocycles. The number of terminal acetylenes is 1. The van der Waals surface area contributed by atoms with Crippen LogP contribution >= 0.6 is 0 Å². The molecule has 1 aliphatic rings. The number of benzene rings is 1. The summed E-state index contributed by atoms with van der Waals surface area (Å²) >= 11 is 0. The summed E-state index contributed by atoms with van der Waals surface area (Å²) in [5.74, 6) is 2.94. The smallest absolute Gasteiger partial charge is 0.0564 e. The van der Waals surface area contributed by atoms with Gasteiger partial charge < -0.3 is 0 Å². The van der Waals surface area contributed by atoms with E-state index >= 15 is 0 Å².